The molecular formula is C10H14O2. The smallest absolute Gasteiger partial charge is 0.201 e. The predicted molar refractivity (Wildman–Crippen MR) is 47.2 cm³/mol. The standard InChI is InChI=1S/C10H14O2/c1-4-7(2)9(11)10-8(3)5-6-12-10/h5-7H,4H2,1-3H3. The van der Waals surface area contributed by atoms with E-state index in [9.17, 15) is 4.79 Å². The molecule has 1 aromatic heterocycles. The van der Waals surface area contributed by atoms with Gasteiger partial charge in [0, 0.05) is 5.92 Å². The van der Waals surface area contributed by atoms with Gasteiger partial charge in [0.2, 0.25) is 5.78 Å². The lowest BCUT2D eigenvalue weighted by Crippen LogP contribution is -2.10. The van der Waals surface area contributed by atoms with Gasteiger partial charge in [-0.1, -0.05) is 13.8 Å². The number of carbonyl (C=O) groups is 1. The molecule has 66 valence electrons. The summed E-state index contributed by atoms with van der Waals surface area (Å²) >= 11 is 0. The van der Waals surface area contributed by atoms with E-state index in [1.807, 2.05) is 26.8 Å². The van der Waals surface area contributed by atoms with Crippen LogP contribution in [0.1, 0.15) is 36.4 Å². The summed E-state index contributed by atoms with van der Waals surface area (Å²) < 4.78 is 5.10. The monoisotopic (exact) mass is 166 g/mol. The molecule has 0 saturated heterocycles. The summed E-state index contributed by atoms with van der Waals surface area (Å²) in [6, 6.07) is 1.82. The lowest BCUT2D eigenvalue weighted by molar-refractivity contribution is 0.0898. The molecule has 12 heavy (non-hydrogen) atoms. The Balaban J connectivity index is 2.85. The Hall–Kier alpha value is -1.05. The van der Waals surface area contributed by atoms with Crippen LogP contribution in [0.5, 0.6) is 0 Å². The van der Waals surface area contributed by atoms with Crippen molar-refractivity contribution in [1.29, 1.82) is 0 Å². The first kappa shape index (κ1) is 9.04. The van der Waals surface area contributed by atoms with E-state index in [1.54, 1.807) is 6.26 Å². The van der Waals surface area contributed by atoms with Gasteiger partial charge < -0.3 is 4.42 Å². The van der Waals surface area contributed by atoms with Crippen molar-refractivity contribution in [3.63, 3.8) is 0 Å². The molecule has 0 bridgehead atoms. The van der Waals surface area contributed by atoms with E-state index in [4.69, 9.17) is 4.42 Å². The van der Waals surface area contributed by atoms with Gasteiger partial charge in [0.25, 0.3) is 0 Å². The third kappa shape index (κ3) is 1.58. The van der Waals surface area contributed by atoms with Crippen molar-refractivity contribution in [2.24, 2.45) is 5.92 Å². The Labute approximate surface area is 72.6 Å². The predicted octanol–water partition coefficient (Wildman–Crippen LogP) is 2.82. The van der Waals surface area contributed by atoms with Crippen LogP contribution < -0.4 is 0 Å². The van der Waals surface area contributed by atoms with Gasteiger partial charge in [-0.15, -0.1) is 0 Å². The minimum Gasteiger partial charge on any atom is -0.461 e. The molecule has 0 N–H and O–H groups in total. The normalized spacial score (nSPS) is 12.9. The molecule has 0 saturated carbocycles. The topological polar surface area (TPSA) is 30.2 Å². The van der Waals surface area contributed by atoms with Crippen LogP contribution in [0.4, 0.5) is 0 Å². The number of aryl methyl sites for hydroxylation is 1. The van der Waals surface area contributed by atoms with E-state index in [1.165, 1.54) is 0 Å². The zero-order valence-electron chi connectivity index (χ0n) is 7.76. The number of hydrogen-bond acceptors (Lipinski definition) is 2. The highest BCUT2D eigenvalue weighted by Gasteiger charge is 2.17. The number of rotatable bonds is 3. The van der Waals surface area contributed by atoms with Gasteiger partial charge in [-0.05, 0) is 25.0 Å². The summed E-state index contributed by atoms with van der Waals surface area (Å²) in [4.78, 5) is 11.6. The van der Waals surface area contributed by atoms with Gasteiger partial charge in [-0.2, -0.15) is 0 Å². The SMILES string of the molecule is CCC(C)C(=O)c1occc1C. The van der Waals surface area contributed by atoms with Crippen molar-refractivity contribution in [3.05, 3.63) is 23.7 Å². The summed E-state index contributed by atoms with van der Waals surface area (Å²) in [6.07, 6.45) is 2.42. The lowest BCUT2D eigenvalue weighted by atomic mass is 10.0. The van der Waals surface area contributed by atoms with E-state index in [0.717, 1.165) is 12.0 Å². The summed E-state index contributed by atoms with van der Waals surface area (Å²) in [5.74, 6) is 0.694. The molecule has 0 aliphatic heterocycles. The molecule has 1 aromatic rings. The first-order valence-corrected chi connectivity index (χ1v) is 4.25. The molecule has 1 unspecified atom stereocenters. The Morgan fingerprint density at radius 2 is 2.33 bits per heavy atom. The fourth-order valence-corrected chi connectivity index (χ4v) is 1.03. The van der Waals surface area contributed by atoms with Crippen molar-refractivity contribution in [3.8, 4) is 0 Å². The van der Waals surface area contributed by atoms with Gasteiger partial charge in [0.1, 0.15) is 0 Å². The van der Waals surface area contributed by atoms with Crippen LogP contribution in [0, 0.1) is 12.8 Å². The van der Waals surface area contributed by atoms with Crippen LogP contribution in [-0.4, -0.2) is 5.78 Å². The van der Waals surface area contributed by atoms with Crippen molar-refractivity contribution < 1.29 is 9.21 Å². The second-order valence-electron chi connectivity index (χ2n) is 3.11. The Bertz CT molecular complexity index is 273. The maximum atomic E-state index is 11.6. The van der Waals surface area contributed by atoms with Gasteiger partial charge in [-0.3, -0.25) is 4.79 Å². The highest BCUT2D eigenvalue weighted by atomic mass is 16.3. The third-order valence-corrected chi connectivity index (χ3v) is 2.15. The molecule has 0 aliphatic carbocycles. The molecule has 1 rings (SSSR count). The Morgan fingerprint density at radius 3 is 2.75 bits per heavy atom. The average molecular weight is 166 g/mol. The second kappa shape index (κ2) is 3.57. The van der Waals surface area contributed by atoms with Crippen LogP contribution >= 0.6 is 0 Å². The van der Waals surface area contributed by atoms with Crippen LogP contribution in [0.3, 0.4) is 0 Å². The van der Waals surface area contributed by atoms with E-state index in [-0.39, 0.29) is 11.7 Å². The van der Waals surface area contributed by atoms with Crippen LogP contribution in [0.25, 0.3) is 0 Å². The maximum Gasteiger partial charge on any atom is 0.201 e. The Kier molecular flexibility index (Phi) is 2.69. The molecule has 0 fully saturated rings. The molecule has 2 heteroatoms. The van der Waals surface area contributed by atoms with Gasteiger partial charge in [-0.25, -0.2) is 0 Å². The molecule has 0 aliphatic rings. The molecule has 1 atom stereocenters. The number of Topliss-reactive ketones (excluding diaryl/α,β-unsaturated/α-hetero) is 1. The molecule has 1 heterocycles. The number of carbonyl (C=O) groups excluding carboxylic acids is 1. The molecule has 0 amide bonds. The van der Waals surface area contributed by atoms with Crippen LogP contribution in [0.2, 0.25) is 0 Å². The summed E-state index contributed by atoms with van der Waals surface area (Å²) in [5, 5.41) is 0. The zero-order valence-corrected chi connectivity index (χ0v) is 7.76. The quantitative estimate of drug-likeness (QED) is 0.646. The number of hydrogen-bond donors (Lipinski definition) is 0. The maximum absolute atomic E-state index is 11.6. The van der Waals surface area contributed by atoms with Crippen molar-refractivity contribution in [2.45, 2.75) is 27.2 Å². The molecule has 0 aromatic carbocycles. The molecule has 2 nitrogen and oxygen atoms in total. The van der Waals surface area contributed by atoms with E-state index in [0.29, 0.717) is 5.76 Å². The van der Waals surface area contributed by atoms with Crippen molar-refractivity contribution in [2.75, 3.05) is 0 Å². The molecular weight excluding hydrogens is 152 g/mol. The largest absolute Gasteiger partial charge is 0.461 e. The van der Waals surface area contributed by atoms with Crippen molar-refractivity contribution in [1.82, 2.24) is 0 Å². The lowest BCUT2D eigenvalue weighted by Gasteiger charge is -2.04. The summed E-state index contributed by atoms with van der Waals surface area (Å²) in [7, 11) is 0. The second-order valence-corrected chi connectivity index (χ2v) is 3.11. The van der Waals surface area contributed by atoms with Crippen LogP contribution in [-0.2, 0) is 0 Å². The zero-order chi connectivity index (χ0) is 9.14. The Morgan fingerprint density at radius 1 is 1.67 bits per heavy atom. The fraction of sp³-hybridized carbons (Fsp3) is 0.500. The summed E-state index contributed by atoms with van der Waals surface area (Å²) in [6.45, 7) is 5.81. The van der Waals surface area contributed by atoms with E-state index >= 15 is 0 Å². The van der Waals surface area contributed by atoms with Gasteiger partial charge >= 0.3 is 0 Å². The third-order valence-electron chi connectivity index (χ3n) is 2.15. The van der Waals surface area contributed by atoms with Crippen molar-refractivity contribution >= 4 is 5.78 Å². The summed E-state index contributed by atoms with van der Waals surface area (Å²) in [5.41, 5.74) is 0.931. The van der Waals surface area contributed by atoms with Gasteiger partial charge in [0.15, 0.2) is 5.76 Å². The number of ketones is 1. The fourth-order valence-electron chi connectivity index (χ4n) is 1.03. The minimum atomic E-state index is 0.0647. The molecule has 0 radical (unpaired) electrons. The van der Waals surface area contributed by atoms with E-state index in [2.05, 4.69) is 0 Å². The first-order valence-electron chi connectivity index (χ1n) is 4.25. The highest BCUT2D eigenvalue weighted by molar-refractivity contribution is 5.96. The minimum absolute atomic E-state index is 0.0647. The van der Waals surface area contributed by atoms with E-state index < -0.39 is 0 Å². The average Bonchev–Trinajstić information content (AvgIpc) is 2.48. The molecule has 0 spiro atoms. The number of furan rings is 1. The van der Waals surface area contributed by atoms with Gasteiger partial charge in [0.05, 0.1) is 6.26 Å². The van der Waals surface area contributed by atoms with Crippen LogP contribution in [0.15, 0.2) is 16.7 Å². The highest BCUT2D eigenvalue weighted by Crippen LogP contribution is 2.16. The first-order chi connectivity index (χ1) is 5.66.